The summed E-state index contributed by atoms with van der Waals surface area (Å²) in [6.07, 6.45) is -5.13. The average molecular weight is 313 g/mol. The number of amides is 1. The first-order valence-corrected chi connectivity index (χ1v) is 7.31. The molecule has 2 N–H and O–H groups in total. The van der Waals surface area contributed by atoms with Crippen molar-refractivity contribution < 1.29 is 18.0 Å². The van der Waals surface area contributed by atoms with Gasteiger partial charge in [-0.1, -0.05) is 6.07 Å². The van der Waals surface area contributed by atoms with Crippen molar-refractivity contribution in [2.75, 3.05) is 31.6 Å². The molecule has 3 rings (SSSR count). The van der Waals surface area contributed by atoms with E-state index in [1.54, 1.807) is 6.07 Å². The van der Waals surface area contributed by atoms with Gasteiger partial charge in [0.25, 0.3) is 5.91 Å². The highest BCUT2D eigenvalue weighted by Gasteiger charge is 2.41. The van der Waals surface area contributed by atoms with Crippen LogP contribution < -0.4 is 15.5 Å². The number of carbonyl (C=O) groups is 1. The van der Waals surface area contributed by atoms with Gasteiger partial charge in [-0.25, -0.2) is 0 Å². The second-order valence-electron chi connectivity index (χ2n) is 5.75. The first kappa shape index (κ1) is 15.1. The summed E-state index contributed by atoms with van der Waals surface area (Å²) in [7, 11) is 1.49. The van der Waals surface area contributed by atoms with Crippen LogP contribution in [0, 0.1) is 0 Å². The van der Waals surface area contributed by atoms with Crippen molar-refractivity contribution in [3.63, 3.8) is 0 Å². The summed E-state index contributed by atoms with van der Waals surface area (Å²) < 4.78 is 38.7. The van der Waals surface area contributed by atoms with E-state index in [0.717, 1.165) is 17.8 Å². The van der Waals surface area contributed by atoms with E-state index in [0.29, 0.717) is 30.8 Å². The molecule has 22 heavy (non-hydrogen) atoms. The second-order valence-corrected chi connectivity index (χ2v) is 5.75. The second kappa shape index (κ2) is 5.46. The predicted octanol–water partition coefficient (Wildman–Crippen LogP) is 2.01. The van der Waals surface area contributed by atoms with Crippen molar-refractivity contribution in [2.45, 2.75) is 25.1 Å². The number of hydrogen-bond acceptors (Lipinski definition) is 3. The Balaban J connectivity index is 2.11. The van der Waals surface area contributed by atoms with Gasteiger partial charge in [0, 0.05) is 50.4 Å². The molecule has 0 bridgehead atoms. The molecule has 0 saturated heterocycles. The molecule has 0 radical (unpaired) electrons. The van der Waals surface area contributed by atoms with Gasteiger partial charge in [-0.3, -0.25) is 4.79 Å². The third-order valence-corrected chi connectivity index (χ3v) is 4.29. The molecule has 0 unspecified atom stereocenters. The Labute approximate surface area is 126 Å². The van der Waals surface area contributed by atoms with E-state index in [2.05, 4.69) is 10.6 Å². The fourth-order valence-corrected chi connectivity index (χ4v) is 3.45. The number of rotatable bonds is 2. The lowest BCUT2D eigenvalue weighted by Gasteiger charge is -2.19. The number of alkyl halides is 3. The molecule has 1 aromatic rings. The third kappa shape index (κ3) is 2.65. The topological polar surface area (TPSA) is 44.4 Å². The van der Waals surface area contributed by atoms with Gasteiger partial charge in [0.15, 0.2) is 0 Å². The lowest BCUT2D eigenvalue weighted by Crippen LogP contribution is -2.29. The number of anilines is 1. The molecular formula is C15H18F3N3O. The Bertz CT molecular complexity index is 600. The quantitative estimate of drug-likeness (QED) is 0.878. The molecule has 0 fully saturated rings. The van der Waals surface area contributed by atoms with E-state index in [1.165, 1.54) is 7.05 Å². The van der Waals surface area contributed by atoms with E-state index in [4.69, 9.17) is 0 Å². The Morgan fingerprint density at radius 3 is 2.91 bits per heavy atom. The van der Waals surface area contributed by atoms with Crippen LogP contribution in [0.2, 0.25) is 0 Å². The zero-order chi connectivity index (χ0) is 15.9. The SMILES string of the molecule is CNC(=O)c1ccc2c3c1[C@H](CC(F)(F)F)CN3CCNC2. The fourth-order valence-electron chi connectivity index (χ4n) is 3.45. The molecule has 2 aliphatic heterocycles. The zero-order valence-electron chi connectivity index (χ0n) is 12.3. The Morgan fingerprint density at radius 2 is 2.23 bits per heavy atom. The molecular weight excluding hydrogens is 295 g/mol. The van der Waals surface area contributed by atoms with Crippen LogP contribution in [-0.2, 0) is 6.54 Å². The summed E-state index contributed by atoms with van der Waals surface area (Å²) in [5.41, 5.74) is 2.70. The van der Waals surface area contributed by atoms with Crippen molar-refractivity contribution in [1.82, 2.24) is 10.6 Å². The summed E-state index contributed by atoms with van der Waals surface area (Å²) in [6.45, 7) is 2.32. The minimum absolute atomic E-state index is 0.317. The lowest BCUT2D eigenvalue weighted by atomic mass is 9.90. The van der Waals surface area contributed by atoms with Gasteiger partial charge in [-0.05, 0) is 17.2 Å². The number of hydrogen-bond donors (Lipinski definition) is 2. The Kier molecular flexibility index (Phi) is 3.76. The molecule has 0 aliphatic carbocycles. The smallest absolute Gasteiger partial charge is 0.369 e. The molecule has 0 aromatic heterocycles. The molecule has 1 amide bonds. The third-order valence-electron chi connectivity index (χ3n) is 4.29. The summed E-state index contributed by atoms with van der Waals surface area (Å²) in [5, 5.41) is 5.78. The standard InChI is InChI=1S/C15H18F3N3O/c1-19-14(22)11-3-2-9-7-20-4-5-21-8-10(6-15(16,17)18)12(11)13(9)21/h2-3,10,20H,4-8H2,1H3,(H,19,22)/t10-/m1/s1. The molecule has 0 spiro atoms. The minimum atomic E-state index is -4.24. The molecule has 2 heterocycles. The van der Waals surface area contributed by atoms with Crippen LogP contribution in [0.3, 0.4) is 0 Å². The maximum absolute atomic E-state index is 12.9. The molecule has 2 aliphatic rings. The monoisotopic (exact) mass is 313 g/mol. The molecule has 120 valence electrons. The van der Waals surface area contributed by atoms with E-state index in [9.17, 15) is 18.0 Å². The molecule has 1 aromatic carbocycles. The highest BCUT2D eigenvalue weighted by molar-refractivity contribution is 5.98. The van der Waals surface area contributed by atoms with Gasteiger partial charge in [-0.2, -0.15) is 13.2 Å². The average Bonchev–Trinajstić information content (AvgIpc) is 2.66. The van der Waals surface area contributed by atoms with Crippen LogP contribution in [0.4, 0.5) is 18.9 Å². The number of carbonyl (C=O) groups excluding carboxylic acids is 1. The number of nitrogens with zero attached hydrogens (tertiary/aromatic N) is 1. The Morgan fingerprint density at radius 1 is 1.45 bits per heavy atom. The fraction of sp³-hybridized carbons (Fsp3) is 0.533. The normalized spacial score (nSPS) is 20.5. The van der Waals surface area contributed by atoms with Gasteiger partial charge >= 0.3 is 6.18 Å². The zero-order valence-corrected chi connectivity index (χ0v) is 12.3. The summed E-state index contributed by atoms with van der Waals surface area (Å²) >= 11 is 0. The first-order chi connectivity index (χ1) is 10.4. The van der Waals surface area contributed by atoms with E-state index < -0.39 is 18.5 Å². The van der Waals surface area contributed by atoms with Crippen LogP contribution in [0.5, 0.6) is 0 Å². The number of benzene rings is 1. The van der Waals surface area contributed by atoms with Gasteiger partial charge in [0.2, 0.25) is 0 Å². The minimum Gasteiger partial charge on any atom is -0.369 e. The molecule has 4 nitrogen and oxygen atoms in total. The molecule has 1 atom stereocenters. The van der Waals surface area contributed by atoms with Crippen molar-refractivity contribution in [3.05, 3.63) is 28.8 Å². The predicted molar refractivity (Wildman–Crippen MR) is 77.2 cm³/mol. The van der Waals surface area contributed by atoms with Crippen molar-refractivity contribution in [1.29, 1.82) is 0 Å². The van der Waals surface area contributed by atoms with Gasteiger partial charge in [-0.15, -0.1) is 0 Å². The molecule has 7 heteroatoms. The Hall–Kier alpha value is -1.76. The summed E-state index contributed by atoms with van der Waals surface area (Å²) in [6, 6.07) is 3.48. The summed E-state index contributed by atoms with van der Waals surface area (Å²) in [5.74, 6) is -1.01. The molecule has 0 saturated carbocycles. The van der Waals surface area contributed by atoms with Gasteiger partial charge in [0.05, 0.1) is 6.42 Å². The van der Waals surface area contributed by atoms with E-state index in [1.807, 2.05) is 11.0 Å². The van der Waals surface area contributed by atoms with Crippen molar-refractivity contribution in [3.8, 4) is 0 Å². The van der Waals surface area contributed by atoms with Gasteiger partial charge in [0.1, 0.15) is 0 Å². The van der Waals surface area contributed by atoms with E-state index >= 15 is 0 Å². The van der Waals surface area contributed by atoms with Crippen molar-refractivity contribution >= 4 is 11.6 Å². The van der Waals surface area contributed by atoms with E-state index in [-0.39, 0.29) is 5.91 Å². The van der Waals surface area contributed by atoms with Crippen LogP contribution >= 0.6 is 0 Å². The maximum Gasteiger partial charge on any atom is 0.389 e. The largest absolute Gasteiger partial charge is 0.389 e. The van der Waals surface area contributed by atoms with Gasteiger partial charge < -0.3 is 15.5 Å². The highest BCUT2D eigenvalue weighted by Crippen LogP contribution is 2.46. The van der Waals surface area contributed by atoms with Crippen LogP contribution in [0.1, 0.15) is 33.8 Å². The lowest BCUT2D eigenvalue weighted by molar-refractivity contribution is -0.138. The first-order valence-electron chi connectivity index (χ1n) is 7.31. The van der Waals surface area contributed by atoms with Crippen LogP contribution in [-0.4, -0.2) is 38.8 Å². The number of halogens is 3. The highest BCUT2D eigenvalue weighted by atomic mass is 19.4. The van der Waals surface area contributed by atoms with Crippen LogP contribution in [0.25, 0.3) is 0 Å². The van der Waals surface area contributed by atoms with Crippen molar-refractivity contribution in [2.24, 2.45) is 0 Å². The maximum atomic E-state index is 12.9. The number of nitrogens with one attached hydrogen (secondary N) is 2. The summed E-state index contributed by atoms with van der Waals surface area (Å²) in [4.78, 5) is 14.0. The van der Waals surface area contributed by atoms with Crippen LogP contribution in [0.15, 0.2) is 12.1 Å².